The number of aryl methyl sites for hydroxylation is 1. The Hall–Kier alpha value is -4.21. The fraction of sp³-hybridized carbons (Fsp3) is 0.432. The van der Waals surface area contributed by atoms with Crippen LogP contribution >= 0.6 is 0 Å². The molecular weight excluding hydrogens is 576 g/mol. The quantitative estimate of drug-likeness (QED) is 0.298. The Labute approximate surface area is 272 Å². The number of aromatic amines is 1. The van der Waals surface area contributed by atoms with E-state index in [1.54, 1.807) is 18.2 Å². The highest BCUT2D eigenvalue weighted by Gasteiger charge is 2.32. The van der Waals surface area contributed by atoms with Crippen molar-refractivity contribution in [3.8, 4) is 0 Å². The molecule has 9 nitrogen and oxygen atoms in total. The number of H-pyrrole nitrogens is 1. The summed E-state index contributed by atoms with van der Waals surface area (Å²) in [7, 11) is 0. The highest BCUT2D eigenvalue weighted by Crippen LogP contribution is 2.35. The third kappa shape index (κ3) is 6.39. The summed E-state index contributed by atoms with van der Waals surface area (Å²) in [5.41, 5.74) is 6.38. The Morgan fingerprint density at radius 3 is 2.37 bits per heavy atom. The van der Waals surface area contributed by atoms with Gasteiger partial charge in [0.2, 0.25) is 0 Å². The zero-order valence-corrected chi connectivity index (χ0v) is 27.5. The van der Waals surface area contributed by atoms with Crippen LogP contribution in [0.1, 0.15) is 87.9 Å². The van der Waals surface area contributed by atoms with E-state index in [-0.39, 0.29) is 23.8 Å². The van der Waals surface area contributed by atoms with E-state index >= 15 is 0 Å². The molecule has 2 fully saturated rings. The predicted octanol–water partition coefficient (Wildman–Crippen LogP) is 5.25. The summed E-state index contributed by atoms with van der Waals surface area (Å²) in [4.78, 5) is 50.7. The van der Waals surface area contributed by atoms with Gasteiger partial charge in [0.25, 0.3) is 17.7 Å². The van der Waals surface area contributed by atoms with Crippen molar-refractivity contribution in [1.82, 2.24) is 25.0 Å². The maximum Gasteiger partial charge on any atom is 0.256 e. The number of rotatable bonds is 8. The van der Waals surface area contributed by atoms with E-state index in [0.717, 1.165) is 87.6 Å². The monoisotopic (exact) mass is 622 g/mol. The van der Waals surface area contributed by atoms with Crippen molar-refractivity contribution in [2.24, 2.45) is 0 Å². The molecule has 6 rings (SSSR count). The lowest BCUT2D eigenvalue weighted by Gasteiger charge is -2.42. The number of benzene rings is 2. The molecule has 3 aliphatic heterocycles. The smallest absolute Gasteiger partial charge is 0.256 e. The van der Waals surface area contributed by atoms with E-state index in [4.69, 9.17) is 0 Å². The molecule has 4 heterocycles. The van der Waals surface area contributed by atoms with Gasteiger partial charge in [-0.2, -0.15) is 0 Å². The van der Waals surface area contributed by atoms with Crippen LogP contribution in [0.2, 0.25) is 0 Å². The van der Waals surface area contributed by atoms with Crippen LogP contribution in [-0.4, -0.2) is 89.3 Å². The number of piperidine rings is 1. The van der Waals surface area contributed by atoms with Crippen molar-refractivity contribution >= 4 is 35.1 Å². The second-order valence-corrected chi connectivity index (χ2v) is 12.8. The van der Waals surface area contributed by atoms with E-state index in [9.17, 15) is 14.4 Å². The number of nitrogens with one attached hydrogen (secondary N) is 3. The molecule has 0 bridgehead atoms. The fourth-order valence-corrected chi connectivity index (χ4v) is 7.24. The lowest BCUT2D eigenvalue weighted by atomic mass is 9.99. The van der Waals surface area contributed by atoms with Gasteiger partial charge in [-0.25, -0.2) is 0 Å². The number of hydrogen-bond acceptors (Lipinski definition) is 5. The van der Waals surface area contributed by atoms with Crippen LogP contribution in [0.3, 0.4) is 0 Å². The molecule has 3 N–H and O–H groups in total. The van der Waals surface area contributed by atoms with Gasteiger partial charge < -0.3 is 25.4 Å². The zero-order chi connectivity index (χ0) is 32.4. The standard InChI is InChI=1S/C37H46N6O3/c1-5-31(26-10-8-7-9-11-26)39-35(44)27-12-13-32-29(22-27)30(36(45)40-32)23-33-24(3)34(25(4)38-33)37(46)43-16-14-28(15-17-43)42-20-18-41(6-2)19-21-42/h7-13,22-23,28,31,38H,5-6,14-21H2,1-4H3,(H,39,44)(H,40,45)/b30-23-/t31-/m1/s1. The molecule has 1 atom stereocenters. The Bertz CT molecular complexity index is 1630. The van der Waals surface area contributed by atoms with Crippen LogP contribution < -0.4 is 10.6 Å². The Morgan fingerprint density at radius 2 is 1.70 bits per heavy atom. The summed E-state index contributed by atoms with van der Waals surface area (Å²) in [6.45, 7) is 15.2. The summed E-state index contributed by atoms with van der Waals surface area (Å²) in [5, 5.41) is 6.07. The predicted molar refractivity (Wildman–Crippen MR) is 183 cm³/mol. The first-order valence-corrected chi connectivity index (χ1v) is 16.8. The number of carbonyl (C=O) groups excluding carboxylic acids is 3. The van der Waals surface area contributed by atoms with E-state index < -0.39 is 0 Å². The first kappa shape index (κ1) is 31.8. The minimum absolute atomic E-state index is 0.0456. The average Bonchev–Trinajstić information content (AvgIpc) is 3.56. The number of likely N-dealkylation sites (tertiary alicyclic amines) is 1. The number of amides is 3. The first-order valence-electron chi connectivity index (χ1n) is 16.8. The molecule has 0 unspecified atom stereocenters. The Morgan fingerprint density at radius 1 is 0.978 bits per heavy atom. The van der Waals surface area contributed by atoms with Gasteiger partial charge in [-0.15, -0.1) is 0 Å². The minimum Gasteiger partial charge on any atom is -0.358 e. The Balaban J connectivity index is 1.17. The summed E-state index contributed by atoms with van der Waals surface area (Å²) in [6, 6.07) is 15.6. The highest BCUT2D eigenvalue weighted by atomic mass is 16.2. The molecule has 1 aromatic heterocycles. The number of piperazine rings is 1. The lowest BCUT2D eigenvalue weighted by Crippen LogP contribution is -2.53. The number of likely N-dealkylation sites (N-methyl/N-ethyl adjacent to an activating group) is 1. The van der Waals surface area contributed by atoms with E-state index in [2.05, 4.69) is 32.3 Å². The SMILES string of the molecule is CC[C@@H](NC(=O)c1ccc2c(c1)/C(=C/c1[nH]c(C)c(C(=O)N3CCC(N4CCN(CC)CC4)CC3)c1C)C(=O)N2)c1ccccc1. The molecule has 0 spiro atoms. The molecule has 0 aliphatic carbocycles. The number of aromatic nitrogens is 1. The van der Waals surface area contributed by atoms with Gasteiger partial charge >= 0.3 is 0 Å². The topological polar surface area (TPSA) is 101 Å². The van der Waals surface area contributed by atoms with Crippen LogP contribution in [0.15, 0.2) is 48.5 Å². The van der Waals surface area contributed by atoms with Gasteiger partial charge in [0.1, 0.15) is 0 Å². The second kappa shape index (κ2) is 13.6. The zero-order valence-electron chi connectivity index (χ0n) is 27.5. The number of hydrogen-bond donors (Lipinski definition) is 3. The average molecular weight is 623 g/mol. The molecular formula is C37H46N6O3. The molecule has 2 saturated heterocycles. The van der Waals surface area contributed by atoms with Crippen LogP contribution in [0, 0.1) is 13.8 Å². The molecule has 3 aliphatic rings. The third-order valence-electron chi connectivity index (χ3n) is 10.1. The van der Waals surface area contributed by atoms with Gasteiger partial charge in [-0.1, -0.05) is 44.2 Å². The van der Waals surface area contributed by atoms with Crippen LogP contribution in [0.5, 0.6) is 0 Å². The molecule has 3 amide bonds. The van der Waals surface area contributed by atoms with Crippen molar-refractivity contribution in [3.05, 3.63) is 87.7 Å². The van der Waals surface area contributed by atoms with Gasteiger partial charge in [0.15, 0.2) is 0 Å². The molecule has 0 radical (unpaired) electrons. The van der Waals surface area contributed by atoms with Crippen molar-refractivity contribution in [2.45, 2.75) is 59.0 Å². The van der Waals surface area contributed by atoms with Crippen LogP contribution in [0.4, 0.5) is 5.69 Å². The van der Waals surface area contributed by atoms with Gasteiger partial charge in [-0.05, 0) is 75.1 Å². The first-order chi connectivity index (χ1) is 22.3. The van der Waals surface area contributed by atoms with Crippen molar-refractivity contribution < 1.29 is 14.4 Å². The lowest BCUT2D eigenvalue weighted by molar-refractivity contribution is -0.110. The maximum absolute atomic E-state index is 13.8. The van der Waals surface area contributed by atoms with Gasteiger partial charge in [0.05, 0.1) is 17.2 Å². The number of anilines is 1. The largest absolute Gasteiger partial charge is 0.358 e. The molecule has 3 aromatic rings. The van der Waals surface area contributed by atoms with E-state index in [1.165, 1.54) is 0 Å². The molecule has 46 heavy (non-hydrogen) atoms. The summed E-state index contributed by atoms with van der Waals surface area (Å²) >= 11 is 0. The minimum atomic E-state index is -0.232. The fourth-order valence-electron chi connectivity index (χ4n) is 7.24. The summed E-state index contributed by atoms with van der Waals surface area (Å²) in [6.07, 6.45) is 4.55. The molecule has 0 saturated carbocycles. The number of nitrogens with zero attached hydrogens (tertiary/aromatic N) is 3. The molecule has 9 heteroatoms. The van der Waals surface area contributed by atoms with Crippen molar-refractivity contribution in [1.29, 1.82) is 0 Å². The summed E-state index contributed by atoms with van der Waals surface area (Å²) in [5.74, 6) is -0.377. The van der Waals surface area contributed by atoms with E-state index in [0.29, 0.717) is 34.0 Å². The van der Waals surface area contributed by atoms with Gasteiger partial charge in [0, 0.05) is 73.5 Å². The van der Waals surface area contributed by atoms with Crippen molar-refractivity contribution in [2.75, 3.05) is 51.1 Å². The van der Waals surface area contributed by atoms with Gasteiger partial charge in [-0.3, -0.25) is 19.3 Å². The molecule has 242 valence electrons. The summed E-state index contributed by atoms with van der Waals surface area (Å²) < 4.78 is 0. The number of carbonyl (C=O) groups is 3. The van der Waals surface area contributed by atoms with Crippen molar-refractivity contribution in [3.63, 3.8) is 0 Å². The Kier molecular flexibility index (Phi) is 9.42. The highest BCUT2D eigenvalue weighted by molar-refractivity contribution is 6.35. The molecule has 2 aromatic carbocycles. The second-order valence-electron chi connectivity index (χ2n) is 12.8. The van der Waals surface area contributed by atoms with Crippen LogP contribution in [-0.2, 0) is 4.79 Å². The van der Waals surface area contributed by atoms with E-state index in [1.807, 2.05) is 62.1 Å². The normalized spacial score (nSPS) is 19.3. The maximum atomic E-state index is 13.8. The van der Waals surface area contributed by atoms with Crippen LogP contribution in [0.25, 0.3) is 11.6 Å². The number of fused-ring (bicyclic) bond motifs is 1. The third-order valence-corrected chi connectivity index (χ3v) is 10.1.